The molecule has 0 saturated heterocycles. The van der Waals surface area contributed by atoms with Crippen molar-refractivity contribution in [2.24, 2.45) is 11.8 Å². The van der Waals surface area contributed by atoms with Crippen molar-refractivity contribution in [1.82, 2.24) is 4.57 Å². The average molecular weight is 472 g/mol. The molecule has 1 heterocycles. The summed E-state index contributed by atoms with van der Waals surface area (Å²) in [6, 6.07) is 14.9. The monoisotopic (exact) mass is 471 g/mol. The smallest absolute Gasteiger partial charge is 0.255 e. The van der Waals surface area contributed by atoms with Crippen LogP contribution in [0.4, 0.5) is 20.2 Å². The summed E-state index contributed by atoms with van der Waals surface area (Å²) in [5.41, 5.74) is 0.319. The molecule has 1 unspecified atom stereocenters. The highest BCUT2D eigenvalue weighted by Crippen LogP contribution is 2.36. The molecule has 2 aromatic carbocycles. The van der Waals surface area contributed by atoms with Gasteiger partial charge in [0.15, 0.2) is 0 Å². The largest absolute Gasteiger partial charge is 0.326 e. The Bertz CT molecular complexity index is 1250. The second kappa shape index (κ2) is 9.54. The third-order valence-corrected chi connectivity index (χ3v) is 5.85. The lowest BCUT2D eigenvalue weighted by Gasteiger charge is -2.19. The van der Waals surface area contributed by atoms with Crippen LogP contribution >= 0.6 is 11.6 Å². The number of alkyl halides is 1. The number of hydrogen-bond acceptors (Lipinski definition) is 3. The molecule has 1 aliphatic carbocycles. The summed E-state index contributed by atoms with van der Waals surface area (Å²) < 4.78 is 30.1. The Morgan fingerprint density at radius 2 is 1.61 bits per heavy atom. The zero-order valence-electron chi connectivity index (χ0n) is 17.3. The molecule has 6 nitrogen and oxygen atoms in total. The van der Waals surface area contributed by atoms with Gasteiger partial charge in [0, 0.05) is 29.0 Å². The Balaban J connectivity index is 1.48. The predicted octanol–water partition coefficient (Wildman–Crippen LogP) is 4.57. The van der Waals surface area contributed by atoms with Crippen molar-refractivity contribution in [2.45, 2.75) is 19.0 Å². The lowest BCUT2D eigenvalue weighted by atomic mass is 9.94. The molecule has 0 spiro atoms. The van der Waals surface area contributed by atoms with E-state index in [-0.39, 0.29) is 24.1 Å². The molecule has 1 aromatic heterocycles. The van der Waals surface area contributed by atoms with Gasteiger partial charge in [-0.2, -0.15) is 0 Å². The van der Waals surface area contributed by atoms with Crippen LogP contribution in [0.1, 0.15) is 12.8 Å². The van der Waals surface area contributed by atoms with Gasteiger partial charge >= 0.3 is 0 Å². The summed E-state index contributed by atoms with van der Waals surface area (Å²) in [5.74, 6) is -3.75. The number of carbonyl (C=O) groups is 2. The number of anilines is 2. The van der Waals surface area contributed by atoms with Crippen LogP contribution in [0.3, 0.4) is 0 Å². The Morgan fingerprint density at radius 1 is 0.939 bits per heavy atom. The zero-order chi connectivity index (χ0) is 23.5. The van der Waals surface area contributed by atoms with Crippen LogP contribution in [-0.2, 0) is 9.59 Å². The SMILES string of the molecule is O=C(Nc1ccc(Cl)cc1)[C@H]1CC(F)C[C@H]1C(=O)Nc1ccc(-n2ccccc2=O)cc1F. The third kappa shape index (κ3) is 5.12. The summed E-state index contributed by atoms with van der Waals surface area (Å²) in [6.07, 6.45) is -0.0579. The molecular formula is C24H20ClF2N3O3. The molecular weight excluding hydrogens is 452 g/mol. The maximum Gasteiger partial charge on any atom is 0.255 e. The number of hydrogen-bond donors (Lipinski definition) is 2. The zero-order valence-corrected chi connectivity index (χ0v) is 18.1. The van der Waals surface area contributed by atoms with Crippen molar-refractivity contribution in [3.8, 4) is 5.69 Å². The van der Waals surface area contributed by atoms with E-state index in [1.807, 2.05) is 0 Å². The van der Waals surface area contributed by atoms with E-state index in [1.165, 1.54) is 29.0 Å². The number of amides is 2. The fourth-order valence-corrected chi connectivity index (χ4v) is 4.07. The topological polar surface area (TPSA) is 80.2 Å². The van der Waals surface area contributed by atoms with Crippen molar-refractivity contribution < 1.29 is 18.4 Å². The highest BCUT2D eigenvalue weighted by molar-refractivity contribution is 6.30. The number of benzene rings is 2. The van der Waals surface area contributed by atoms with Gasteiger partial charge in [0.1, 0.15) is 12.0 Å². The molecule has 2 amide bonds. The van der Waals surface area contributed by atoms with Crippen molar-refractivity contribution in [3.63, 3.8) is 0 Å². The van der Waals surface area contributed by atoms with Gasteiger partial charge in [-0.1, -0.05) is 17.7 Å². The van der Waals surface area contributed by atoms with E-state index < -0.39 is 35.6 Å². The van der Waals surface area contributed by atoms with E-state index in [4.69, 9.17) is 11.6 Å². The number of halogens is 3. The van der Waals surface area contributed by atoms with Crippen molar-refractivity contribution in [1.29, 1.82) is 0 Å². The van der Waals surface area contributed by atoms with Gasteiger partial charge in [-0.25, -0.2) is 8.78 Å². The number of rotatable bonds is 5. The molecule has 1 saturated carbocycles. The molecule has 0 radical (unpaired) electrons. The summed E-state index contributed by atoms with van der Waals surface area (Å²) in [6.45, 7) is 0. The first-order chi connectivity index (χ1) is 15.8. The van der Waals surface area contributed by atoms with Crippen LogP contribution in [0.2, 0.25) is 5.02 Å². The van der Waals surface area contributed by atoms with E-state index in [1.54, 1.807) is 36.4 Å². The number of carbonyl (C=O) groups excluding carboxylic acids is 2. The molecule has 170 valence electrons. The molecule has 33 heavy (non-hydrogen) atoms. The molecule has 3 atom stereocenters. The molecule has 2 N–H and O–H groups in total. The average Bonchev–Trinajstić information content (AvgIpc) is 3.19. The van der Waals surface area contributed by atoms with E-state index in [9.17, 15) is 23.2 Å². The Morgan fingerprint density at radius 3 is 2.24 bits per heavy atom. The Labute approximate surface area is 193 Å². The highest BCUT2D eigenvalue weighted by atomic mass is 35.5. The van der Waals surface area contributed by atoms with Gasteiger partial charge in [-0.15, -0.1) is 0 Å². The van der Waals surface area contributed by atoms with Gasteiger partial charge in [0.2, 0.25) is 11.8 Å². The first-order valence-electron chi connectivity index (χ1n) is 10.3. The van der Waals surface area contributed by atoms with Gasteiger partial charge in [-0.3, -0.25) is 19.0 Å². The first kappa shape index (κ1) is 22.7. The minimum atomic E-state index is -1.32. The van der Waals surface area contributed by atoms with Crippen LogP contribution in [0.5, 0.6) is 0 Å². The van der Waals surface area contributed by atoms with E-state index in [0.717, 1.165) is 6.07 Å². The summed E-state index contributed by atoms with van der Waals surface area (Å²) in [5, 5.41) is 5.63. The first-order valence-corrected chi connectivity index (χ1v) is 10.7. The third-order valence-electron chi connectivity index (χ3n) is 5.60. The van der Waals surface area contributed by atoms with Gasteiger partial charge in [-0.05, 0) is 55.3 Å². The predicted molar refractivity (Wildman–Crippen MR) is 122 cm³/mol. The lowest BCUT2D eigenvalue weighted by molar-refractivity contribution is -0.128. The van der Waals surface area contributed by atoms with Crippen LogP contribution < -0.4 is 16.2 Å². The fourth-order valence-electron chi connectivity index (χ4n) is 3.94. The lowest BCUT2D eigenvalue weighted by Crippen LogP contribution is -2.33. The standard InChI is InChI=1S/C24H20ClF2N3O3/c25-14-4-6-16(7-5-14)28-23(32)18-11-15(26)12-19(18)24(33)29-21-9-8-17(13-20(21)27)30-10-2-1-3-22(30)31/h1-10,13,15,18-19H,11-12H2,(H,28,32)(H,29,33)/t15?,18-,19+/m0/s1. The van der Waals surface area contributed by atoms with Crippen LogP contribution in [0.15, 0.2) is 71.7 Å². The molecule has 9 heteroatoms. The van der Waals surface area contributed by atoms with Crippen LogP contribution in [0.25, 0.3) is 5.69 Å². The second-order valence-corrected chi connectivity index (χ2v) is 8.28. The summed E-state index contributed by atoms with van der Waals surface area (Å²) in [7, 11) is 0. The van der Waals surface area contributed by atoms with Crippen LogP contribution in [-0.4, -0.2) is 22.6 Å². The molecule has 0 bridgehead atoms. The molecule has 4 rings (SSSR count). The van der Waals surface area contributed by atoms with Crippen molar-refractivity contribution in [2.75, 3.05) is 10.6 Å². The molecule has 1 fully saturated rings. The number of aromatic nitrogens is 1. The summed E-state index contributed by atoms with van der Waals surface area (Å²) >= 11 is 5.84. The quantitative estimate of drug-likeness (QED) is 0.572. The van der Waals surface area contributed by atoms with Crippen molar-refractivity contribution in [3.05, 3.63) is 88.1 Å². The molecule has 0 aliphatic heterocycles. The Hall–Kier alpha value is -3.52. The second-order valence-electron chi connectivity index (χ2n) is 7.84. The molecule has 1 aliphatic rings. The van der Waals surface area contributed by atoms with Gasteiger partial charge in [0.05, 0.1) is 23.2 Å². The van der Waals surface area contributed by atoms with E-state index in [0.29, 0.717) is 16.4 Å². The van der Waals surface area contributed by atoms with Crippen molar-refractivity contribution >= 4 is 34.8 Å². The van der Waals surface area contributed by atoms with E-state index >= 15 is 0 Å². The Kier molecular flexibility index (Phi) is 6.55. The molecule has 3 aromatic rings. The number of nitrogens with one attached hydrogen (secondary N) is 2. The maximum atomic E-state index is 14.7. The number of pyridine rings is 1. The normalized spacial score (nSPS) is 19.8. The summed E-state index contributed by atoms with van der Waals surface area (Å²) in [4.78, 5) is 37.5. The minimum Gasteiger partial charge on any atom is -0.326 e. The maximum absolute atomic E-state index is 14.7. The highest BCUT2D eigenvalue weighted by Gasteiger charge is 2.43. The van der Waals surface area contributed by atoms with Gasteiger partial charge in [0.25, 0.3) is 5.56 Å². The minimum absolute atomic E-state index is 0.101. The number of nitrogens with zero attached hydrogens (tertiary/aromatic N) is 1. The van der Waals surface area contributed by atoms with E-state index in [2.05, 4.69) is 10.6 Å². The van der Waals surface area contributed by atoms with Gasteiger partial charge < -0.3 is 10.6 Å². The fraction of sp³-hybridized carbons (Fsp3) is 0.208. The van der Waals surface area contributed by atoms with Crippen LogP contribution in [0, 0.1) is 17.7 Å².